The van der Waals surface area contributed by atoms with E-state index in [2.05, 4.69) is 15.1 Å². The van der Waals surface area contributed by atoms with Gasteiger partial charge in [0.2, 0.25) is 5.28 Å². The van der Waals surface area contributed by atoms with Crippen LogP contribution in [-0.2, 0) is 7.05 Å². The molecule has 0 radical (unpaired) electrons. The van der Waals surface area contributed by atoms with Crippen LogP contribution in [0.25, 0.3) is 22.2 Å². The highest BCUT2D eigenvalue weighted by atomic mass is 35.5. The van der Waals surface area contributed by atoms with Crippen LogP contribution in [0.4, 0.5) is 0 Å². The van der Waals surface area contributed by atoms with E-state index in [4.69, 9.17) is 16.3 Å². The van der Waals surface area contributed by atoms with Crippen LogP contribution in [0, 0.1) is 0 Å². The summed E-state index contributed by atoms with van der Waals surface area (Å²) < 4.78 is 6.94. The van der Waals surface area contributed by atoms with Gasteiger partial charge in [0.15, 0.2) is 0 Å². The zero-order valence-corrected chi connectivity index (χ0v) is 11.6. The molecule has 0 aliphatic rings. The normalized spacial score (nSPS) is 10.9. The Balaban J connectivity index is 2.46. The average molecular weight is 291 g/mol. The topological polar surface area (TPSA) is 72.8 Å². The fourth-order valence-corrected chi connectivity index (χ4v) is 2.35. The molecule has 0 aliphatic carbocycles. The van der Waals surface area contributed by atoms with Gasteiger partial charge in [-0.1, -0.05) is 0 Å². The van der Waals surface area contributed by atoms with Gasteiger partial charge in [0.25, 0.3) is 5.56 Å². The fraction of sp³-hybridized carbons (Fsp3) is 0.154. The lowest BCUT2D eigenvalue weighted by Crippen LogP contribution is -2.10. The van der Waals surface area contributed by atoms with E-state index in [9.17, 15) is 4.79 Å². The van der Waals surface area contributed by atoms with Crippen LogP contribution in [0.2, 0.25) is 5.28 Å². The third-order valence-corrected chi connectivity index (χ3v) is 3.26. The number of aromatic nitrogens is 4. The van der Waals surface area contributed by atoms with Crippen molar-refractivity contribution >= 4 is 22.5 Å². The van der Waals surface area contributed by atoms with Gasteiger partial charge in [-0.05, 0) is 23.7 Å². The number of nitrogens with zero attached hydrogens (tertiary/aromatic N) is 3. The van der Waals surface area contributed by atoms with E-state index < -0.39 is 0 Å². The number of hydrogen-bond acceptors (Lipinski definition) is 4. The number of aryl methyl sites for hydroxylation is 1. The van der Waals surface area contributed by atoms with Gasteiger partial charge in [0.05, 0.1) is 23.7 Å². The van der Waals surface area contributed by atoms with Crippen molar-refractivity contribution in [1.82, 2.24) is 19.7 Å². The highest BCUT2D eigenvalue weighted by Crippen LogP contribution is 2.30. The maximum absolute atomic E-state index is 12.2. The minimum Gasteiger partial charge on any atom is -0.497 e. The van der Waals surface area contributed by atoms with E-state index in [0.717, 1.165) is 5.69 Å². The molecule has 102 valence electrons. The molecule has 20 heavy (non-hydrogen) atoms. The van der Waals surface area contributed by atoms with Crippen LogP contribution in [0.1, 0.15) is 0 Å². The van der Waals surface area contributed by atoms with Gasteiger partial charge >= 0.3 is 0 Å². The number of methoxy groups -OCH3 is 1. The van der Waals surface area contributed by atoms with Gasteiger partial charge in [-0.25, -0.2) is 4.98 Å². The number of benzene rings is 1. The smallest absolute Gasteiger partial charge is 0.260 e. The monoisotopic (exact) mass is 290 g/mol. The van der Waals surface area contributed by atoms with Crippen molar-refractivity contribution < 1.29 is 4.74 Å². The predicted molar refractivity (Wildman–Crippen MR) is 76.1 cm³/mol. The molecule has 0 amide bonds. The van der Waals surface area contributed by atoms with Crippen molar-refractivity contribution in [1.29, 1.82) is 0 Å². The molecule has 0 bridgehead atoms. The first-order chi connectivity index (χ1) is 9.60. The summed E-state index contributed by atoms with van der Waals surface area (Å²) in [7, 11) is 3.36. The fourth-order valence-electron chi connectivity index (χ4n) is 2.18. The molecular weight excluding hydrogens is 280 g/mol. The van der Waals surface area contributed by atoms with E-state index in [1.807, 2.05) is 6.07 Å². The summed E-state index contributed by atoms with van der Waals surface area (Å²) in [5, 5.41) is 4.62. The van der Waals surface area contributed by atoms with Crippen molar-refractivity contribution in [2.24, 2.45) is 7.05 Å². The van der Waals surface area contributed by atoms with Crippen LogP contribution in [-0.4, -0.2) is 26.9 Å². The molecule has 3 rings (SSSR count). The van der Waals surface area contributed by atoms with Crippen molar-refractivity contribution in [2.75, 3.05) is 7.11 Å². The lowest BCUT2D eigenvalue weighted by molar-refractivity contribution is 0.415. The number of hydrogen-bond donors (Lipinski definition) is 1. The van der Waals surface area contributed by atoms with Crippen LogP contribution < -0.4 is 10.3 Å². The Hall–Kier alpha value is -2.34. The molecule has 6 nitrogen and oxygen atoms in total. The van der Waals surface area contributed by atoms with Gasteiger partial charge in [-0.15, -0.1) is 0 Å². The Morgan fingerprint density at radius 2 is 2.20 bits per heavy atom. The maximum Gasteiger partial charge on any atom is 0.260 e. The second-order valence-electron chi connectivity index (χ2n) is 4.27. The number of aromatic amines is 1. The van der Waals surface area contributed by atoms with Crippen LogP contribution in [0.5, 0.6) is 5.75 Å². The summed E-state index contributed by atoms with van der Waals surface area (Å²) in [6, 6.07) is 5.28. The zero-order valence-electron chi connectivity index (χ0n) is 10.8. The third kappa shape index (κ3) is 1.94. The number of ether oxygens (including phenoxy) is 1. The van der Waals surface area contributed by atoms with Crippen LogP contribution in [0.15, 0.2) is 29.2 Å². The van der Waals surface area contributed by atoms with Gasteiger partial charge in [-0.3, -0.25) is 14.5 Å². The Morgan fingerprint density at radius 3 is 2.85 bits per heavy atom. The third-order valence-electron chi connectivity index (χ3n) is 3.09. The van der Waals surface area contributed by atoms with Gasteiger partial charge in [0.1, 0.15) is 5.75 Å². The summed E-state index contributed by atoms with van der Waals surface area (Å²) in [4.78, 5) is 18.8. The largest absolute Gasteiger partial charge is 0.497 e. The molecule has 0 spiro atoms. The van der Waals surface area contributed by atoms with Crippen molar-refractivity contribution in [3.8, 4) is 17.0 Å². The van der Waals surface area contributed by atoms with E-state index >= 15 is 0 Å². The summed E-state index contributed by atoms with van der Waals surface area (Å²) in [5.41, 5.74) is 1.68. The van der Waals surface area contributed by atoms with Gasteiger partial charge in [0, 0.05) is 24.9 Å². The lowest BCUT2D eigenvalue weighted by Gasteiger charge is -2.09. The molecule has 0 saturated heterocycles. The number of halogens is 1. The Bertz CT molecular complexity index is 853. The molecule has 0 aliphatic heterocycles. The number of rotatable bonds is 2. The van der Waals surface area contributed by atoms with E-state index in [-0.39, 0.29) is 10.8 Å². The highest BCUT2D eigenvalue weighted by Gasteiger charge is 2.14. The molecule has 7 heteroatoms. The summed E-state index contributed by atoms with van der Waals surface area (Å²) in [6.07, 6.45) is 1.66. The second kappa shape index (κ2) is 4.64. The van der Waals surface area contributed by atoms with E-state index in [0.29, 0.717) is 22.2 Å². The van der Waals surface area contributed by atoms with Crippen LogP contribution >= 0.6 is 11.6 Å². The molecule has 2 aromatic heterocycles. The maximum atomic E-state index is 12.2. The Kier molecular flexibility index (Phi) is 2.94. The van der Waals surface area contributed by atoms with Gasteiger partial charge in [-0.2, -0.15) is 5.10 Å². The highest BCUT2D eigenvalue weighted by molar-refractivity contribution is 6.28. The number of H-pyrrole nitrogens is 1. The first-order valence-corrected chi connectivity index (χ1v) is 6.24. The Morgan fingerprint density at radius 1 is 1.40 bits per heavy atom. The molecule has 0 unspecified atom stereocenters. The molecule has 0 atom stereocenters. The first kappa shape index (κ1) is 12.7. The number of nitrogens with one attached hydrogen (secondary N) is 1. The van der Waals surface area contributed by atoms with E-state index in [1.165, 1.54) is 0 Å². The van der Waals surface area contributed by atoms with E-state index in [1.54, 1.807) is 37.2 Å². The second-order valence-corrected chi connectivity index (χ2v) is 4.62. The SMILES string of the molecule is COc1cc(-c2ccnn2C)c2c(=O)[nH]c(Cl)nc2c1. The van der Waals surface area contributed by atoms with Crippen molar-refractivity contribution in [3.63, 3.8) is 0 Å². The van der Waals surface area contributed by atoms with Crippen LogP contribution in [0.3, 0.4) is 0 Å². The van der Waals surface area contributed by atoms with Crippen molar-refractivity contribution in [3.05, 3.63) is 40.0 Å². The number of fused-ring (bicyclic) bond motifs is 1. The minimum atomic E-state index is -0.293. The average Bonchev–Trinajstić information content (AvgIpc) is 2.83. The summed E-state index contributed by atoms with van der Waals surface area (Å²) >= 11 is 5.80. The molecule has 0 fully saturated rings. The molecule has 1 aromatic carbocycles. The van der Waals surface area contributed by atoms with Crippen molar-refractivity contribution in [2.45, 2.75) is 0 Å². The zero-order chi connectivity index (χ0) is 14.3. The minimum absolute atomic E-state index is 0.0479. The summed E-state index contributed by atoms with van der Waals surface area (Å²) in [6.45, 7) is 0. The molecule has 2 heterocycles. The lowest BCUT2D eigenvalue weighted by atomic mass is 10.1. The molecule has 0 saturated carbocycles. The Labute approximate surface area is 119 Å². The summed E-state index contributed by atoms with van der Waals surface area (Å²) in [5.74, 6) is 0.600. The predicted octanol–water partition coefficient (Wildman–Crippen LogP) is 1.99. The molecule has 3 aromatic rings. The molecular formula is C13H11ClN4O2. The van der Waals surface area contributed by atoms with Gasteiger partial charge < -0.3 is 4.74 Å². The quantitative estimate of drug-likeness (QED) is 0.733. The molecule has 1 N–H and O–H groups in total. The standard InChI is InChI=1S/C13H11ClN4O2/c1-18-10(3-4-15-18)8-5-7(20-2)6-9-11(8)12(19)17-13(14)16-9/h3-6H,1-2H3,(H,16,17,19). The first-order valence-electron chi connectivity index (χ1n) is 5.86.